The number of hydrogen-bond donors (Lipinski definition) is 0. The van der Waals surface area contributed by atoms with Crippen LogP contribution in [0.4, 0.5) is 0 Å². The predicted molar refractivity (Wildman–Crippen MR) is 91.6 cm³/mol. The summed E-state index contributed by atoms with van der Waals surface area (Å²) in [5, 5.41) is 1.05. The summed E-state index contributed by atoms with van der Waals surface area (Å²) in [6.07, 6.45) is 0. The number of fused-ring (bicyclic) bond motifs is 2. The van der Waals surface area contributed by atoms with Crippen molar-refractivity contribution in [3.8, 4) is 0 Å². The maximum atomic E-state index is 12.6. The highest BCUT2D eigenvalue weighted by atomic mass is 32.1. The van der Waals surface area contributed by atoms with Gasteiger partial charge in [-0.15, -0.1) is 11.3 Å². The third kappa shape index (κ3) is 2.59. The fourth-order valence-corrected chi connectivity index (χ4v) is 3.35. The average molecular weight is 322 g/mol. The van der Waals surface area contributed by atoms with Gasteiger partial charge in [-0.05, 0) is 30.3 Å². The smallest absolute Gasteiger partial charge is 0.254 e. The first-order valence-electron chi connectivity index (χ1n) is 7.27. The summed E-state index contributed by atoms with van der Waals surface area (Å²) in [5.41, 5.74) is 4.22. The van der Waals surface area contributed by atoms with Crippen molar-refractivity contribution in [3.63, 3.8) is 0 Å². The van der Waals surface area contributed by atoms with Gasteiger partial charge in [-0.3, -0.25) is 4.79 Å². The number of aromatic nitrogens is 1. The minimum absolute atomic E-state index is 0.0271. The van der Waals surface area contributed by atoms with Crippen molar-refractivity contribution in [1.29, 1.82) is 0 Å². The second-order valence-electron chi connectivity index (χ2n) is 5.45. The van der Waals surface area contributed by atoms with Crippen LogP contribution >= 0.6 is 11.3 Å². The van der Waals surface area contributed by atoms with Gasteiger partial charge in [0, 0.05) is 18.0 Å². The summed E-state index contributed by atoms with van der Waals surface area (Å²) >= 11 is 1.54. The first kappa shape index (κ1) is 14.0. The molecule has 0 aliphatic carbocycles. The Kier molecular flexibility index (Phi) is 3.35. The van der Waals surface area contributed by atoms with Crippen LogP contribution in [0, 0.1) is 0 Å². The number of para-hydroxylation sites is 1. The van der Waals surface area contributed by atoms with Crippen LogP contribution in [0.2, 0.25) is 0 Å². The molecule has 0 fully saturated rings. The SMILES string of the molecule is CN(Cc1cc2ccccc2o1)C(=O)c1ccc2ncsc2c1. The van der Waals surface area contributed by atoms with Crippen LogP contribution in [-0.2, 0) is 6.54 Å². The molecule has 5 heteroatoms. The molecule has 0 saturated carbocycles. The lowest BCUT2D eigenvalue weighted by Crippen LogP contribution is -2.25. The molecule has 23 heavy (non-hydrogen) atoms. The molecule has 4 rings (SSSR count). The Bertz CT molecular complexity index is 969. The zero-order valence-electron chi connectivity index (χ0n) is 12.5. The van der Waals surface area contributed by atoms with E-state index in [2.05, 4.69) is 4.98 Å². The Balaban J connectivity index is 1.57. The molecule has 0 saturated heterocycles. The number of amides is 1. The normalized spacial score (nSPS) is 11.2. The van der Waals surface area contributed by atoms with Crippen molar-refractivity contribution >= 4 is 38.4 Å². The van der Waals surface area contributed by atoms with E-state index in [1.807, 2.05) is 48.5 Å². The maximum absolute atomic E-state index is 12.6. The summed E-state index contributed by atoms with van der Waals surface area (Å²) in [6.45, 7) is 0.439. The Morgan fingerprint density at radius 1 is 1.22 bits per heavy atom. The van der Waals surface area contributed by atoms with Gasteiger partial charge in [-0.25, -0.2) is 4.98 Å². The highest BCUT2D eigenvalue weighted by Gasteiger charge is 2.15. The van der Waals surface area contributed by atoms with Crippen LogP contribution in [0.3, 0.4) is 0 Å². The summed E-state index contributed by atoms with van der Waals surface area (Å²) in [6, 6.07) is 15.4. The fourth-order valence-electron chi connectivity index (χ4n) is 2.63. The van der Waals surface area contributed by atoms with Crippen LogP contribution in [0.15, 0.2) is 58.5 Å². The lowest BCUT2D eigenvalue weighted by Gasteiger charge is -2.15. The second-order valence-corrected chi connectivity index (χ2v) is 6.33. The van der Waals surface area contributed by atoms with Crippen LogP contribution in [-0.4, -0.2) is 22.8 Å². The molecule has 2 aromatic carbocycles. The van der Waals surface area contributed by atoms with Gasteiger partial charge in [-0.2, -0.15) is 0 Å². The third-order valence-corrected chi connectivity index (χ3v) is 4.59. The first-order chi connectivity index (χ1) is 11.2. The van der Waals surface area contributed by atoms with E-state index < -0.39 is 0 Å². The van der Waals surface area contributed by atoms with E-state index >= 15 is 0 Å². The van der Waals surface area contributed by atoms with Gasteiger partial charge in [0.05, 0.1) is 22.3 Å². The van der Waals surface area contributed by atoms with Crippen molar-refractivity contribution in [3.05, 3.63) is 65.4 Å². The summed E-state index contributed by atoms with van der Waals surface area (Å²) in [7, 11) is 1.78. The molecule has 0 N–H and O–H groups in total. The zero-order chi connectivity index (χ0) is 15.8. The second kappa shape index (κ2) is 5.52. The lowest BCUT2D eigenvalue weighted by atomic mass is 10.2. The molecule has 114 valence electrons. The highest BCUT2D eigenvalue weighted by Crippen LogP contribution is 2.22. The van der Waals surface area contributed by atoms with E-state index in [-0.39, 0.29) is 5.91 Å². The highest BCUT2D eigenvalue weighted by molar-refractivity contribution is 7.16. The average Bonchev–Trinajstić information content (AvgIpc) is 3.18. The van der Waals surface area contributed by atoms with Gasteiger partial charge in [0.2, 0.25) is 0 Å². The van der Waals surface area contributed by atoms with Gasteiger partial charge >= 0.3 is 0 Å². The molecule has 0 aliphatic rings. The standard InChI is InChI=1S/C18H14N2O2S/c1-20(10-14-8-12-4-2-3-5-16(12)22-14)18(21)13-6-7-15-17(9-13)23-11-19-15/h2-9,11H,10H2,1H3. The van der Waals surface area contributed by atoms with Gasteiger partial charge in [0.25, 0.3) is 5.91 Å². The molecule has 0 radical (unpaired) electrons. The first-order valence-corrected chi connectivity index (χ1v) is 8.15. The van der Waals surface area contributed by atoms with Gasteiger partial charge in [0.1, 0.15) is 11.3 Å². The molecule has 0 atom stereocenters. The fraction of sp³-hybridized carbons (Fsp3) is 0.111. The Labute approximate surface area is 137 Å². The zero-order valence-corrected chi connectivity index (χ0v) is 13.3. The number of carbonyl (C=O) groups is 1. The monoisotopic (exact) mass is 322 g/mol. The van der Waals surface area contributed by atoms with E-state index in [4.69, 9.17) is 4.42 Å². The minimum Gasteiger partial charge on any atom is -0.459 e. The van der Waals surface area contributed by atoms with Crippen LogP contribution in [0.1, 0.15) is 16.1 Å². The summed E-state index contributed by atoms with van der Waals surface area (Å²) in [4.78, 5) is 18.5. The Hall–Kier alpha value is -2.66. The quantitative estimate of drug-likeness (QED) is 0.564. The van der Waals surface area contributed by atoms with Crippen molar-refractivity contribution in [2.75, 3.05) is 7.05 Å². The van der Waals surface area contributed by atoms with Crippen molar-refractivity contribution < 1.29 is 9.21 Å². The number of rotatable bonds is 3. The van der Waals surface area contributed by atoms with E-state index in [1.165, 1.54) is 11.3 Å². The molecule has 4 nitrogen and oxygen atoms in total. The van der Waals surface area contributed by atoms with E-state index in [0.29, 0.717) is 12.1 Å². The predicted octanol–water partition coefficient (Wildman–Crippen LogP) is 4.31. The lowest BCUT2D eigenvalue weighted by molar-refractivity contribution is 0.0776. The van der Waals surface area contributed by atoms with Crippen molar-refractivity contribution in [1.82, 2.24) is 9.88 Å². The molecular formula is C18H14N2O2S. The van der Waals surface area contributed by atoms with Crippen LogP contribution in [0.25, 0.3) is 21.2 Å². The largest absolute Gasteiger partial charge is 0.459 e. The molecule has 1 amide bonds. The van der Waals surface area contributed by atoms with Gasteiger partial charge < -0.3 is 9.32 Å². The van der Waals surface area contributed by atoms with Gasteiger partial charge in [0.15, 0.2) is 0 Å². The molecule has 0 aliphatic heterocycles. The number of hydrogen-bond acceptors (Lipinski definition) is 4. The number of furan rings is 1. The summed E-state index contributed by atoms with van der Waals surface area (Å²) < 4.78 is 6.80. The van der Waals surface area contributed by atoms with Crippen LogP contribution < -0.4 is 0 Å². The minimum atomic E-state index is -0.0271. The van der Waals surface area contributed by atoms with Gasteiger partial charge in [-0.1, -0.05) is 18.2 Å². The molecule has 0 bridgehead atoms. The Morgan fingerprint density at radius 3 is 2.96 bits per heavy atom. The number of thiazole rings is 1. The number of nitrogens with zero attached hydrogens (tertiary/aromatic N) is 2. The Morgan fingerprint density at radius 2 is 2.09 bits per heavy atom. The van der Waals surface area contributed by atoms with Crippen LogP contribution in [0.5, 0.6) is 0 Å². The van der Waals surface area contributed by atoms with E-state index in [0.717, 1.165) is 26.9 Å². The molecule has 2 aromatic heterocycles. The topological polar surface area (TPSA) is 46.3 Å². The third-order valence-electron chi connectivity index (χ3n) is 3.79. The molecule has 0 spiro atoms. The maximum Gasteiger partial charge on any atom is 0.254 e. The number of carbonyl (C=O) groups excluding carboxylic acids is 1. The molecule has 4 aromatic rings. The van der Waals surface area contributed by atoms with E-state index in [9.17, 15) is 4.79 Å². The number of benzene rings is 2. The van der Waals surface area contributed by atoms with E-state index in [1.54, 1.807) is 17.5 Å². The molecule has 0 unspecified atom stereocenters. The van der Waals surface area contributed by atoms with Crippen molar-refractivity contribution in [2.45, 2.75) is 6.54 Å². The van der Waals surface area contributed by atoms with Crippen molar-refractivity contribution in [2.24, 2.45) is 0 Å². The molecule has 2 heterocycles. The summed E-state index contributed by atoms with van der Waals surface area (Å²) in [5.74, 6) is 0.752. The molecular weight excluding hydrogens is 308 g/mol.